The number of carbonyl (C=O) groups excluding carboxylic acids is 1. The third-order valence-corrected chi connectivity index (χ3v) is 5.78. The molecule has 3 aromatic carbocycles. The highest BCUT2D eigenvalue weighted by atomic mass is 35.5. The molecular weight excluding hydrogens is 479 g/mol. The van der Waals surface area contributed by atoms with Crippen LogP contribution < -0.4 is 15.4 Å². The van der Waals surface area contributed by atoms with Gasteiger partial charge in [0.1, 0.15) is 11.6 Å². The second-order valence-corrected chi connectivity index (χ2v) is 8.49. The Kier molecular flexibility index (Phi) is 6.83. The lowest BCUT2D eigenvalue weighted by atomic mass is 10.2. The Morgan fingerprint density at radius 3 is 2.70 bits per heavy atom. The summed E-state index contributed by atoms with van der Waals surface area (Å²) in [7, 11) is 0. The number of thiocarbonyl (C=S) groups is 1. The zero-order chi connectivity index (χ0) is 23.5. The molecule has 6 nitrogen and oxygen atoms in total. The Morgan fingerprint density at radius 1 is 1.12 bits per heavy atom. The first-order valence-electron chi connectivity index (χ1n) is 10.1. The highest BCUT2D eigenvalue weighted by Gasteiger charge is 2.12. The Balaban J connectivity index is 1.46. The maximum atomic E-state index is 12.5. The molecule has 9 heteroatoms. The Morgan fingerprint density at radius 2 is 1.94 bits per heavy atom. The van der Waals surface area contributed by atoms with E-state index in [9.17, 15) is 4.79 Å². The molecule has 1 amide bonds. The minimum Gasteiger partial charge on any atom is -0.492 e. The number of aromatic amines is 1. The smallest absolute Gasteiger partial charge is 0.257 e. The molecule has 0 radical (unpaired) electrons. The molecule has 0 aliphatic rings. The molecule has 1 aromatic heterocycles. The number of carbonyl (C=O) groups is 1. The molecule has 3 N–H and O–H groups in total. The number of aryl methyl sites for hydroxylation is 1. The summed E-state index contributed by atoms with van der Waals surface area (Å²) in [5.74, 6) is 0.851. The second kappa shape index (κ2) is 9.79. The molecule has 0 saturated heterocycles. The van der Waals surface area contributed by atoms with Gasteiger partial charge in [-0.3, -0.25) is 10.1 Å². The number of rotatable bonds is 5. The van der Waals surface area contributed by atoms with Crippen molar-refractivity contribution in [1.82, 2.24) is 15.3 Å². The largest absolute Gasteiger partial charge is 0.492 e. The van der Waals surface area contributed by atoms with E-state index in [0.29, 0.717) is 39.5 Å². The molecule has 0 aliphatic carbocycles. The fourth-order valence-electron chi connectivity index (χ4n) is 3.27. The standard InChI is InChI=1S/C24H20Cl2N4O2S/c1-3-32-21-8-7-15(11-18(21)26)23(31)30-24(33)27-16-6-4-5-14(10-16)22-28-19-9-13(2)17(25)12-20(19)29-22/h4-12H,3H2,1-2H3,(H,28,29)(H2,27,30,31,33). The van der Waals surface area contributed by atoms with Crippen molar-refractivity contribution >= 4 is 63.2 Å². The highest BCUT2D eigenvalue weighted by Crippen LogP contribution is 2.27. The van der Waals surface area contributed by atoms with E-state index in [2.05, 4.69) is 20.6 Å². The van der Waals surface area contributed by atoms with Crippen molar-refractivity contribution in [2.75, 3.05) is 11.9 Å². The summed E-state index contributed by atoms with van der Waals surface area (Å²) >= 11 is 17.7. The van der Waals surface area contributed by atoms with E-state index in [1.54, 1.807) is 18.2 Å². The van der Waals surface area contributed by atoms with Crippen LogP contribution in [0.4, 0.5) is 5.69 Å². The van der Waals surface area contributed by atoms with Gasteiger partial charge < -0.3 is 15.0 Å². The van der Waals surface area contributed by atoms with Gasteiger partial charge in [0.25, 0.3) is 5.91 Å². The van der Waals surface area contributed by atoms with Crippen molar-refractivity contribution in [2.45, 2.75) is 13.8 Å². The SMILES string of the molecule is CCOc1ccc(C(=O)NC(=S)Nc2cccc(-c3nc4cc(Cl)c(C)cc4[nH]3)c2)cc1Cl. The fraction of sp³-hybridized carbons (Fsp3) is 0.125. The molecule has 0 fully saturated rings. The quantitative estimate of drug-likeness (QED) is 0.278. The fourth-order valence-corrected chi connectivity index (χ4v) is 3.88. The van der Waals surface area contributed by atoms with Crippen molar-refractivity contribution in [3.05, 3.63) is 75.8 Å². The molecule has 1 heterocycles. The van der Waals surface area contributed by atoms with E-state index in [1.165, 1.54) is 0 Å². The number of halogens is 2. The summed E-state index contributed by atoms with van der Waals surface area (Å²) in [5.41, 5.74) is 4.61. The Bertz CT molecular complexity index is 1330. The summed E-state index contributed by atoms with van der Waals surface area (Å²) in [6, 6.07) is 16.2. The normalized spacial score (nSPS) is 10.8. The molecule has 0 bridgehead atoms. The van der Waals surface area contributed by atoms with Gasteiger partial charge in [-0.25, -0.2) is 4.98 Å². The summed E-state index contributed by atoms with van der Waals surface area (Å²) in [6.07, 6.45) is 0. The second-order valence-electron chi connectivity index (χ2n) is 7.27. The van der Waals surface area contributed by atoms with E-state index < -0.39 is 0 Å². The van der Waals surface area contributed by atoms with Crippen LogP contribution in [0.15, 0.2) is 54.6 Å². The first kappa shape index (κ1) is 23.0. The van der Waals surface area contributed by atoms with E-state index >= 15 is 0 Å². The third-order valence-electron chi connectivity index (χ3n) is 4.88. The van der Waals surface area contributed by atoms with Crippen molar-refractivity contribution in [2.24, 2.45) is 0 Å². The number of hydrogen-bond donors (Lipinski definition) is 3. The van der Waals surface area contributed by atoms with Crippen LogP contribution in [0.1, 0.15) is 22.8 Å². The lowest BCUT2D eigenvalue weighted by Crippen LogP contribution is -2.34. The first-order valence-corrected chi connectivity index (χ1v) is 11.3. The average Bonchev–Trinajstić information content (AvgIpc) is 3.18. The van der Waals surface area contributed by atoms with E-state index in [-0.39, 0.29) is 11.0 Å². The molecule has 0 atom stereocenters. The molecule has 4 rings (SSSR count). The van der Waals surface area contributed by atoms with Crippen molar-refractivity contribution in [3.8, 4) is 17.1 Å². The van der Waals surface area contributed by atoms with Gasteiger partial charge in [-0.15, -0.1) is 0 Å². The number of nitrogens with zero attached hydrogens (tertiary/aromatic N) is 1. The lowest BCUT2D eigenvalue weighted by molar-refractivity contribution is 0.0977. The maximum absolute atomic E-state index is 12.5. The van der Waals surface area contributed by atoms with Gasteiger partial charge in [0.05, 0.1) is 22.7 Å². The van der Waals surface area contributed by atoms with Gasteiger partial charge in [-0.2, -0.15) is 0 Å². The maximum Gasteiger partial charge on any atom is 0.257 e. The number of nitrogens with one attached hydrogen (secondary N) is 3. The highest BCUT2D eigenvalue weighted by molar-refractivity contribution is 7.80. The van der Waals surface area contributed by atoms with Crippen molar-refractivity contribution in [1.29, 1.82) is 0 Å². The average molecular weight is 499 g/mol. The molecule has 0 unspecified atom stereocenters. The van der Waals surface area contributed by atoms with Gasteiger partial charge in [0.15, 0.2) is 5.11 Å². The molecule has 0 aliphatic heterocycles. The first-order chi connectivity index (χ1) is 15.8. The van der Waals surface area contributed by atoms with E-state index in [4.69, 9.17) is 40.2 Å². The monoisotopic (exact) mass is 498 g/mol. The number of fused-ring (bicyclic) bond motifs is 1. The third kappa shape index (κ3) is 5.27. The zero-order valence-electron chi connectivity index (χ0n) is 17.8. The summed E-state index contributed by atoms with van der Waals surface area (Å²) < 4.78 is 5.39. The van der Waals surface area contributed by atoms with Crippen molar-refractivity contribution < 1.29 is 9.53 Å². The molecular formula is C24H20Cl2N4O2S. The predicted octanol–water partition coefficient (Wildman–Crippen LogP) is 6.37. The molecule has 33 heavy (non-hydrogen) atoms. The van der Waals surface area contributed by atoms with Gasteiger partial charge in [-0.05, 0) is 74.1 Å². The Labute approximate surface area is 206 Å². The number of benzene rings is 3. The van der Waals surface area contributed by atoms with Crippen LogP contribution in [0.5, 0.6) is 5.75 Å². The van der Waals surface area contributed by atoms with E-state index in [0.717, 1.165) is 22.2 Å². The van der Waals surface area contributed by atoms with Crippen LogP contribution in [0, 0.1) is 6.92 Å². The van der Waals surface area contributed by atoms with Crippen molar-refractivity contribution in [3.63, 3.8) is 0 Å². The van der Waals surface area contributed by atoms with Crippen LogP contribution in [0.3, 0.4) is 0 Å². The van der Waals surface area contributed by atoms with Gasteiger partial charge in [-0.1, -0.05) is 35.3 Å². The van der Waals surface area contributed by atoms with E-state index in [1.807, 2.05) is 50.2 Å². The number of ether oxygens (including phenoxy) is 1. The van der Waals surface area contributed by atoms with Crippen LogP contribution in [0.25, 0.3) is 22.4 Å². The van der Waals surface area contributed by atoms with Crippen LogP contribution in [-0.2, 0) is 0 Å². The minimum atomic E-state index is -0.377. The number of imidazole rings is 1. The predicted molar refractivity (Wildman–Crippen MR) is 138 cm³/mol. The number of anilines is 1. The molecule has 0 saturated carbocycles. The number of amides is 1. The van der Waals surface area contributed by atoms with Gasteiger partial charge in [0, 0.05) is 21.8 Å². The summed E-state index contributed by atoms with van der Waals surface area (Å²) in [5, 5.41) is 6.88. The number of H-pyrrole nitrogens is 1. The lowest BCUT2D eigenvalue weighted by Gasteiger charge is -2.11. The van der Waals surface area contributed by atoms with Gasteiger partial charge in [0.2, 0.25) is 0 Å². The summed E-state index contributed by atoms with van der Waals surface area (Å²) in [6.45, 7) is 4.30. The topological polar surface area (TPSA) is 79.0 Å². The Hall–Kier alpha value is -3.13. The number of hydrogen-bond acceptors (Lipinski definition) is 4. The van der Waals surface area contributed by atoms with Crippen LogP contribution >= 0.6 is 35.4 Å². The minimum absolute atomic E-state index is 0.161. The molecule has 168 valence electrons. The zero-order valence-corrected chi connectivity index (χ0v) is 20.2. The van der Waals surface area contributed by atoms with Gasteiger partial charge >= 0.3 is 0 Å². The van der Waals surface area contributed by atoms with Crippen LogP contribution in [0.2, 0.25) is 10.0 Å². The van der Waals surface area contributed by atoms with Crippen LogP contribution in [-0.4, -0.2) is 27.6 Å². The number of aromatic nitrogens is 2. The molecule has 4 aromatic rings. The molecule has 0 spiro atoms. The summed E-state index contributed by atoms with van der Waals surface area (Å²) in [4.78, 5) is 20.5.